The number of pyridine rings is 1. The number of fused-ring (bicyclic) bond motifs is 1. The molecule has 0 bridgehead atoms. The van der Waals surface area contributed by atoms with Crippen LogP contribution in [0.3, 0.4) is 0 Å². The van der Waals surface area contributed by atoms with Gasteiger partial charge in [0.05, 0.1) is 5.52 Å². The summed E-state index contributed by atoms with van der Waals surface area (Å²) in [5.41, 5.74) is 8.35. The van der Waals surface area contributed by atoms with E-state index in [2.05, 4.69) is 10.3 Å². The molecule has 1 heterocycles. The highest BCUT2D eigenvalue weighted by Gasteiger charge is 2.00. The SMILES string of the molecule is Nc1ccc2nc(NCCc3cccc(F)c3)ccc2c1. The van der Waals surface area contributed by atoms with Gasteiger partial charge in [-0.05, 0) is 54.4 Å². The summed E-state index contributed by atoms with van der Waals surface area (Å²) in [4.78, 5) is 4.52. The van der Waals surface area contributed by atoms with Crippen molar-refractivity contribution in [3.63, 3.8) is 0 Å². The van der Waals surface area contributed by atoms with Crippen LogP contribution in [0.5, 0.6) is 0 Å². The Morgan fingerprint density at radius 1 is 1.05 bits per heavy atom. The summed E-state index contributed by atoms with van der Waals surface area (Å²) < 4.78 is 13.1. The van der Waals surface area contributed by atoms with Gasteiger partial charge in [-0.3, -0.25) is 0 Å². The van der Waals surface area contributed by atoms with Crippen LogP contribution < -0.4 is 11.1 Å². The van der Waals surface area contributed by atoms with Crippen LogP contribution in [-0.2, 0) is 6.42 Å². The van der Waals surface area contributed by atoms with Crippen molar-refractivity contribution in [2.45, 2.75) is 6.42 Å². The first-order valence-electron chi connectivity index (χ1n) is 6.85. The molecule has 0 aliphatic heterocycles. The number of halogens is 1. The van der Waals surface area contributed by atoms with Crippen molar-refractivity contribution in [1.82, 2.24) is 4.98 Å². The highest BCUT2D eigenvalue weighted by atomic mass is 19.1. The highest BCUT2D eigenvalue weighted by Crippen LogP contribution is 2.18. The largest absolute Gasteiger partial charge is 0.399 e. The zero-order valence-corrected chi connectivity index (χ0v) is 11.5. The molecule has 0 aliphatic carbocycles. The van der Waals surface area contributed by atoms with Gasteiger partial charge < -0.3 is 11.1 Å². The van der Waals surface area contributed by atoms with Gasteiger partial charge in [-0.1, -0.05) is 12.1 Å². The van der Waals surface area contributed by atoms with E-state index in [-0.39, 0.29) is 5.82 Å². The Bertz CT molecular complexity index is 771. The second kappa shape index (κ2) is 5.79. The van der Waals surface area contributed by atoms with Crippen LogP contribution in [0.2, 0.25) is 0 Å². The summed E-state index contributed by atoms with van der Waals surface area (Å²) in [5, 5.41) is 4.27. The summed E-state index contributed by atoms with van der Waals surface area (Å²) in [6.07, 6.45) is 0.749. The molecule has 0 saturated carbocycles. The van der Waals surface area contributed by atoms with E-state index in [4.69, 9.17) is 5.73 Å². The molecule has 0 saturated heterocycles. The minimum absolute atomic E-state index is 0.200. The van der Waals surface area contributed by atoms with Gasteiger partial charge in [-0.25, -0.2) is 9.37 Å². The first-order valence-corrected chi connectivity index (χ1v) is 6.85. The maximum Gasteiger partial charge on any atom is 0.126 e. The van der Waals surface area contributed by atoms with Crippen molar-refractivity contribution < 1.29 is 4.39 Å². The first-order chi connectivity index (χ1) is 10.2. The van der Waals surface area contributed by atoms with Gasteiger partial charge in [-0.15, -0.1) is 0 Å². The predicted octanol–water partition coefficient (Wildman–Crippen LogP) is 3.61. The summed E-state index contributed by atoms with van der Waals surface area (Å²) >= 11 is 0. The molecular weight excluding hydrogens is 265 g/mol. The Hall–Kier alpha value is -2.62. The molecule has 1 aromatic heterocycles. The molecule has 3 aromatic rings. The molecule has 21 heavy (non-hydrogen) atoms. The summed E-state index contributed by atoms with van der Waals surface area (Å²) in [7, 11) is 0. The number of rotatable bonds is 4. The van der Waals surface area contributed by atoms with Crippen molar-refractivity contribution in [3.05, 3.63) is 66.0 Å². The monoisotopic (exact) mass is 281 g/mol. The smallest absolute Gasteiger partial charge is 0.126 e. The molecular formula is C17H16FN3. The fraction of sp³-hybridized carbons (Fsp3) is 0.118. The van der Waals surface area contributed by atoms with E-state index in [1.807, 2.05) is 36.4 Å². The second-order valence-corrected chi connectivity index (χ2v) is 4.96. The predicted molar refractivity (Wildman–Crippen MR) is 84.7 cm³/mol. The van der Waals surface area contributed by atoms with Crippen molar-refractivity contribution in [1.29, 1.82) is 0 Å². The Labute approximate surface area is 122 Å². The van der Waals surface area contributed by atoms with E-state index in [0.29, 0.717) is 6.54 Å². The average molecular weight is 281 g/mol. The average Bonchev–Trinajstić information content (AvgIpc) is 2.47. The van der Waals surface area contributed by atoms with Crippen molar-refractivity contribution in [2.24, 2.45) is 0 Å². The molecule has 106 valence electrons. The summed E-state index contributed by atoms with van der Waals surface area (Å²) in [5.74, 6) is 0.609. The standard InChI is InChI=1S/C17H16FN3/c18-14-3-1-2-12(10-14)8-9-20-17-7-4-13-11-15(19)5-6-16(13)21-17/h1-7,10-11H,8-9,19H2,(H,20,21). The molecule has 0 atom stereocenters. The third-order valence-electron chi connectivity index (χ3n) is 3.32. The third kappa shape index (κ3) is 3.28. The lowest BCUT2D eigenvalue weighted by atomic mass is 10.1. The maximum atomic E-state index is 13.1. The fourth-order valence-corrected chi connectivity index (χ4v) is 2.27. The lowest BCUT2D eigenvalue weighted by molar-refractivity contribution is 0.625. The van der Waals surface area contributed by atoms with Crippen LogP contribution in [0.25, 0.3) is 10.9 Å². The zero-order valence-electron chi connectivity index (χ0n) is 11.5. The number of nitrogens with one attached hydrogen (secondary N) is 1. The third-order valence-corrected chi connectivity index (χ3v) is 3.32. The molecule has 3 nitrogen and oxygen atoms in total. The molecule has 2 aromatic carbocycles. The number of aromatic nitrogens is 1. The Morgan fingerprint density at radius 3 is 2.81 bits per heavy atom. The molecule has 3 rings (SSSR count). The van der Waals surface area contributed by atoms with E-state index in [1.54, 1.807) is 12.1 Å². The van der Waals surface area contributed by atoms with Crippen LogP contribution >= 0.6 is 0 Å². The van der Waals surface area contributed by atoms with Gasteiger partial charge in [0.15, 0.2) is 0 Å². The number of nitrogens with zero attached hydrogens (tertiary/aromatic N) is 1. The Balaban J connectivity index is 1.66. The number of anilines is 2. The first kappa shape index (κ1) is 13.4. The fourth-order valence-electron chi connectivity index (χ4n) is 2.27. The minimum Gasteiger partial charge on any atom is -0.399 e. The van der Waals surface area contributed by atoms with Gasteiger partial charge in [0.1, 0.15) is 11.6 Å². The van der Waals surface area contributed by atoms with Gasteiger partial charge in [-0.2, -0.15) is 0 Å². The number of nitrogen functional groups attached to an aromatic ring is 1. The summed E-state index contributed by atoms with van der Waals surface area (Å²) in [6, 6.07) is 16.2. The van der Waals surface area contributed by atoms with E-state index in [9.17, 15) is 4.39 Å². The Morgan fingerprint density at radius 2 is 1.95 bits per heavy atom. The van der Waals surface area contributed by atoms with E-state index in [1.165, 1.54) is 6.07 Å². The van der Waals surface area contributed by atoms with Crippen LogP contribution in [0.1, 0.15) is 5.56 Å². The van der Waals surface area contributed by atoms with Crippen molar-refractivity contribution >= 4 is 22.4 Å². The van der Waals surface area contributed by atoms with Gasteiger partial charge in [0.25, 0.3) is 0 Å². The number of hydrogen-bond donors (Lipinski definition) is 2. The molecule has 0 fully saturated rings. The van der Waals surface area contributed by atoms with Crippen LogP contribution in [-0.4, -0.2) is 11.5 Å². The normalized spacial score (nSPS) is 10.7. The van der Waals surface area contributed by atoms with E-state index >= 15 is 0 Å². The number of nitrogens with two attached hydrogens (primary N) is 1. The molecule has 0 radical (unpaired) electrons. The molecule has 0 spiro atoms. The van der Waals surface area contributed by atoms with Gasteiger partial charge >= 0.3 is 0 Å². The minimum atomic E-state index is -0.200. The van der Waals surface area contributed by atoms with E-state index in [0.717, 1.165) is 34.4 Å². The second-order valence-electron chi connectivity index (χ2n) is 4.96. The molecule has 4 heteroatoms. The van der Waals surface area contributed by atoms with Crippen molar-refractivity contribution in [3.8, 4) is 0 Å². The zero-order chi connectivity index (χ0) is 14.7. The lowest BCUT2D eigenvalue weighted by Gasteiger charge is -2.07. The van der Waals surface area contributed by atoms with E-state index < -0.39 is 0 Å². The number of hydrogen-bond acceptors (Lipinski definition) is 3. The molecule has 3 N–H and O–H groups in total. The Kier molecular flexibility index (Phi) is 3.69. The van der Waals surface area contributed by atoms with Crippen LogP contribution in [0.15, 0.2) is 54.6 Å². The highest BCUT2D eigenvalue weighted by molar-refractivity contribution is 5.83. The maximum absolute atomic E-state index is 13.1. The number of benzene rings is 2. The topological polar surface area (TPSA) is 50.9 Å². The molecule has 0 unspecified atom stereocenters. The lowest BCUT2D eigenvalue weighted by Crippen LogP contribution is -2.06. The molecule has 0 aliphatic rings. The van der Waals surface area contributed by atoms with Gasteiger partial charge in [0, 0.05) is 17.6 Å². The molecule has 0 amide bonds. The van der Waals surface area contributed by atoms with Crippen LogP contribution in [0.4, 0.5) is 15.9 Å². The van der Waals surface area contributed by atoms with Crippen LogP contribution in [0, 0.1) is 5.82 Å². The van der Waals surface area contributed by atoms with Gasteiger partial charge in [0.2, 0.25) is 0 Å². The quantitative estimate of drug-likeness (QED) is 0.718. The summed E-state index contributed by atoms with van der Waals surface area (Å²) in [6.45, 7) is 0.705. The van der Waals surface area contributed by atoms with Crippen molar-refractivity contribution in [2.75, 3.05) is 17.6 Å².